The third-order valence-electron chi connectivity index (χ3n) is 3.80. The maximum atomic E-state index is 13.4. The summed E-state index contributed by atoms with van der Waals surface area (Å²) in [7, 11) is 0. The first-order valence-corrected chi connectivity index (χ1v) is 6.70. The van der Waals surface area contributed by atoms with E-state index in [4.69, 9.17) is 23.7 Å². The average molecular weight is 276 g/mol. The third kappa shape index (κ3) is 2.40. The summed E-state index contributed by atoms with van der Waals surface area (Å²) in [4.78, 5) is 0. The van der Waals surface area contributed by atoms with Gasteiger partial charge in [0.2, 0.25) is 0 Å². The van der Waals surface area contributed by atoms with Crippen LogP contribution in [-0.4, -0.2) is 49.5 Å². The van der Waals surface area contributed by atoms with Crippen LogP contribution in [0.3, 0.4) is 0 Å². The Morgan fingerprint density at radius 3 is 2.32 bits per heavy atom. The molecule has 3 heterocycles. The van der Waals surface area contributed by atoms with Crippen molar-refractivity contribution >= 4 is 0 Å². The van der Waals surface area contributed by atoms with Gasteiger partial charge in [-0.2, -0.15) is 0 Å². The Bertz CT molecular complexity index is 359. The summed E-state index contributed by atoms with van der Waals surface area (Å²) in [5.74, 6) is -1.75. The smallest absolute Gasteiger partial charge is 0.188 e. The monoisotopic (exact) mass is 276 g/mol. The normalized spacial score (nSPS) is 47.5. The molecule has 5 atom stereocenters. The Morgan fingerprint density at radius 1 is 1.00 bits per heavy atom. The van der Waals surface area contributed by atoms with Crippen molar-refractivity contribution in [2.75, 3.05) is 13.3 Å². The van der Waals surface area contributed by atoms with Crippen LogP contribution in [0.5, 0.6) is 0 Å². The Labute approximate surface area is 112 Å². The Morgan fingerprint density at radius 2 is 1.74 bits per heavy atom. The van der Waals surface area contributed by atoms with Crippen LogP contribution in [0.2, 0.25) is 0 Å². The van der Waals surface area contributed by atoms with Crippen LogP contribution in [0.15, 0.2) is 0 Å². The first kappa shape index (κ1) is 13.7. The van der Waals surface area contributed by atoms with Gasteiger partial charge in [-0.3, -0.25) is 4.39 Å². The number of hydrogen-bond acceptors (Lipinski definition) is 5. The molecule has 19 heavy (non-hydrogen) atoms. The molecule has 3 aliphatic rings. The van der Waals surface area contributed by atoms with Crippen LogP contribution >= 0.6 is 0 Å². The van der Waals surface area contributed by atoms with Crippen LogP contribution in [0.1, 0.15) is 27.7 Å². The van der Waals surface area contributed by atoms with Crippen LogP contribution in [-0.2, 0) is 23.7 Å². The van der Waals surface area contributed by atoms with Crippen LogP contribution < -0.4 is 0 Å². The van der Waals surface area contributed by atoms with E-state index in [9.17, 15) is 4.39 Å². The molecule has 0 spiro atoms. The molecule has 0 aromatic carbocycles. The minimum absolute atomic E-state index is 0.281. The Balaban J connectivity index is 1.72. The second-order valence-electron chi connectivity index (χ2n) is 6.25. The van der Waals surface area contributed by atoms with E-state index >= 15 is 0 Å². The molecule has 0 N–H and O–H groups in total. The number of halogens is 1. The zero-order valence-electron chi connectivity index (χ0n) is 11.7. The molecule has 3 rings (SSSR count). The van der Waals surface area contributed by atoms with Crippen molar-refractivity contribution in [1.82, 2.24) is 0 Å². The summed E-state index contributed by atoms with van der Waals surface area (Å²) in [6.07, 6.45) is -1.57. The van der Waals surface area contributed by atoms with Gasteiger partial charge in [0, 0.05) is 5.92 Å². The van der Waals surface area contributed by atoms with E-state index in [2.05, 4.69) is 0 Å². The van der Waals surface area contributed by atoms with Gasteiger partial charge < -0.3 is 23.7 Å². The van der Waals surface area contributed by atoms with E-state index in [0.717, 1.165) is 0 Å². The maximum absolute atomic E-state index is 13.4. The van der Waals surface area contributed by atoms with Crippen molar-refractivity contribution in [3.63, 3.8) is 0 Å². The molecule has 0 saturated carbocycles. The summed E-state index contributed by atoms with van der Waals surface area (Å²) >= 11 is 0. The summed E-state index contributed by atoms with van der Waals surface area (Å²) in [5, 5.41) is 0. The van der Waals surface area contributed by atoms with Crippen molar-refractivity contribution in [3.8, 4) is 0 Å². The highest BCUT2D eigenvalue weighted by molar-refractivity contribution is 4.97. The molecule has 0 amide bonds. The molecule has 0 bridgehead atoms. The fourth-order valence-corrected chi connectivity index (χ4v) is 3.01. The SMILES string of the molecule is CC1(C)O[C@H]2O[C@H]([C@H]3COC(C)(C)O3)[C@@H](CF)[C@H]2O1. The van der Waals surface area contributed by atoms with Gasteiger partial charge >= 0.3 is 0 Å². The lowest BCUT2D eigenvalue weighted by Crippen LogP contribution is -2.40. The number of rotatable bonds is 2. The third-order valence-corrected chi connectivity index (χ3v) is 3.80. The summed E-state index contributed by atoms with van der Waals surface area (Å²) < 4.78 is 41.8. The van der Waals surface area contributed by atoms with E-state index in [-0.39, 0.29) is 18.1 Å². The molecule has 3 fully saturated rings. The van der Waals surface area contributed by atoms with Crippen molar-refractivity contribution in [2.45, 2.75) is 63.9 Å². The lowest BCUT2D eigenvalue weighted by Gasteiger charge is -2.27. The highest BCUT2D eigenvalue weighted by atomic mass is 19.1. The largest absolute Gasteiger partial charge is 0.348 e. The standard InChI is InChI=1S/C13H21FO5/c1-12(2)15-6-8(17-12)9-7(5-14)10-11(16-9)19-13(3,4)18-10/h7-11H,5-6H2,1-4H3/t7-,8-,9+,10-,11-/m1/s1. The quantitative estimate of drug-likeness (QED) is 0.766. The molecule has 6 heteroatoms. The highest BCUT2D eigenvalue weighted by Crippen LogP contribution is 2.43. The van der Waals surface area contributed by atoms with Gasteiger partial charge in [0.05, 0.1) is 19.4 Å². The van der Waals surface area contributed by atoms with E-state index < -0.39 is 30.6 Å². The lowest BCUT2D eigenvalue weighted by molar-refractivity contribution is -0.227. The predicted octanol–water partition coefficient (Wildman–Crippen LogP) is 1.60. The number of fused-ring (bicyclic) bond motifs is 1. The van der Waals surface area contributed by atoms with Crippen molar-refractivity contribution in [2.24, 2.45) is 5.92 Å². The lowest BCUT2D eigenvalue weighted by atomic mass is 9.96. The van der Waals surface area contributed by atoms with E-state index in [0.29, 0.717) is 6.61 Å². The molecule has 0 radical (unpaired) electrons. The van der Waals surface area contributed by atoms with Crippen molar-refractivity contribution in [3.05, 3.63) is 0 Å². The molecule has 110 valence electrons. The van der Waals surface area contributed by atoms with Gasteiger partial charge in [-0.15, -0.1) is 0 Å². The molecule has 0 aromatic heterocycles. The van der Waals surface area contributed by atoms with Gasteiger partial charge in [0.15, 0.2) is 17.9 Å². The molecule has 5 nitrogen and oxygen atoms in total. The summed E-state index contributed by atoms with van der Waals surface area (Å²) in [5.41, 5.74) is 0. The number of ether oxygens (including phenoxy) is 5. The van der Waals surface area contributed by atoms with Crippen LogP contribution in [0.25, 0.3) is 0 Å². The van der Waals surface area contributed by atoms with Gasteiger partial charge in [0.25, 0.3) is 0 Å². The van der Waals surface area contributed by atoms with E-state index in [1.54, 1.807) is 13.8 Å². The fraction of sp³-hybridized carbons (Fsp3) is 1.00. The minimum atomic E-state index is -0.722. The van der Waals surface area contributed by atoms with Gasteiger partial charge in [-0.05, 0) is 27.7 Å². The van der Waals surface area contributed by atoms with Crippen molar-refractivity contribution < 1.29 is 28.1 Å². The van der Waals surface area contributed by atoms with Gasteiger partial charge in [0.1, 0.15) is 12.2 Å². The second-order valence-corrected chi connectivity index (χ2v) is 6.25. The first-order valence-electron chi connectivity index (χ1n) is 6.70. The predicted molar refractivity (Wildman–Crippen MR) is 63.1 cm³/mol. The Kier molecular flexibility index (Phi) is 3.15. The summed E-state index contributed by atoms with van der Waals surface area (Å²) in [6.45, 7) is 7.16. The molecule has 0 unspecified atom stereocenters. The number of hydrogen-bond donors (Lipinski definition) is 0. The van der Waals surface area contributed by atoms with Crippen LogP contribution in [0.4, 0.5) is 4.39 Å². The minimum Gasteiger partial charge on any atom is -0.348 e. The summed E-state index contributed by atoms with van der Waals surface area (Å²) in [6, 6.07) is 0. The maximum Gasteiger partial charge on any atom is 0.188 e. The highest BCUT2D eigenvalue weighted by Gasteiger charge is 2.58. The topological polar surface area (TPSA) is 46.2 Å². The molecular weight excluding hydrogens is 255 g/mol. The molecule has 3 aliphatic heterocycles. The van der Waals surface area contributed by atoms with E-state index in [1.165, 1.54) is 0 Å². The van der Waals surface area contributed by atoms with Gasteiger partial charge in [-0.25, -0.2) is 0 Å². The molecule has 0 aliphatic carbocycles. The zero-order valence-corrected chi connectivity index (χ0v) is 11.7. The van der Waals surface area contributed by atoms with Gasteiger partial charge in [-0.1, -0.05) is 0 Å². The zero-order chi connectivity index (χ0) is 13.8. The molecular formula is C13H21FO5. The number of alkyl halides is 1. The second kappa shape index (κ2) is 4.36. The van der Waals surface area contributed by atoms with E-state index in [1.807, 2.05) is 13.8 Å². The molecule has 3 saturated heterocycles. The Hall–Kier alpha value is -0.270. The molecule has 0 aromatic rings. The first-order chi connectivity index (χ1) is 8.81. The van der Waals surface area contributed by atoms with Crippen LogP contribution in [0, 0.1) is 5.92 Å². The fourth-order valence-electron chi connectivity index (χ4n) is 3.01. The van der Waals surface area contributed by atoms with Crippen molar-refractivity contribution in [1.29, 1.82) is 0 Å². The average Bonchev–Trinajstić information content (AvgIpc) is 2.87.